The largest absolute Gasteiger partial charge is 0.457 e. The van der Waals surface area contributed by atoms with Crippen molar-refractivity contribution in [2.45, 2.75) is 6.61 Å². The van der Waals surface area contributed by atoms with Crippen LogP contribution in [0.25, 0.3) is 5.69 Å². The van der Waals surface area contributed by atoms with Crippen LogP contribution in [0, 0.1) is 11.6 Å². The quantitative estimate of drug-likeness (QED) is 0.151. The van der Waals surface area contributed by atoms with E-state index in [1.165, 1.54) is 18.2 Å². The van der Waals surface area contributed by atoms with Crippen LogP contribution < -0.4 is 15.1 Å². The molecule has 1 aromatic heterocycles. The van der Waals surface area contributed by atoms with Crippen molar-refractivity contribution in [3.8, 4) is 17.2 Å². The maximum Gasteiger partial charge on any atom is 0.377 e. The second-order valence-corrected chi connectivity index (χ2v) is 8.98. The summed E-state index contributed by atoms with van der Waals surface area (Å²) in [5.74, 6) is -2.31. The SMILES string of the molecule is O=C(OCc1ccccc1)c1ccc(N(P)C(=O)n2nnn(-c3c(F)cccc3F)c2=O)c(Oc2ccccc2)c1. The van der Waals surface area contributed by atoms with E-state index in [9.17, 15) is 23.2 Å². The molecule has 10 nitrogen and oxygen atoms in total. The van der Waals surface area contributed by atoms with E-state index >= 15 is 0 Å². The van der Waals surface area contributed by atoms with Crippen LogP contribution in [0.5, 0.6) is 11.5 Å². The van der Waals surface area contributed by atoms with Gasteiger partial charge < -0.3 is 9.47 Å². The van der Waals surface area contributed by atoms with E-state index < -0.39 is 35.0 Å². The summed E-state index contributed by atoms with van der Waals surface area (Å²) in [5.41, 5.74) is -0.938. The molecule has 0 aliphatic rings. The van der Waals surface area contributed by atoms with Crippen molar-refractivity contribution in [2.24, 2.45) is 0 Å². The van der Waals surface area contributed by atoms with Gasteiger partial charge in [-0.05, 0) is 67.8 Å². The lowest BCUT2D eigenvalue weighted by Gasteiger charge is -2.20. The maximum absolute atomic E-state index is 14.2. The second-order valence-electron chi connectivity index (χ2n) is 8.47. The highest BCUT2D eigenvalue weighted by Gasteiger charge is 2.26. The van der Waals surface area contributed by atoms with Crippen LogP contribution in [0.1, 0.15) is 15.9 Å². The van der Waals surface area contributed by atoms with Crippen LogP contribution in [-0.2, 0) is 11.3 Å². The normalized spacial score (nSPS) is 10.7. The number of para-hydroxylation sites is 2. The first-order valence-corrected chi connectivity index (χ1v) is 12.5. The summed E-state index contributed by atoms with van der Waals surface area (Å²) in [6, 6.07) is 23.9. The zero-order chi connectivity index (χ0) is 28.9. The Morgan fingerprint density at radius 3 is 2.20 bits per heavy atom. The van der Waals surface area contributed by atoms with Crippen molar-refractivity contribution in [3.63, 3.8) is 0 Å². The molecule has 1 unspecified atom stereocenters. The molecule has 5 aromatic rings. The van der Waals surface area contributed by atoms with Crippen LogP contribution in [0.4, 0.5) is 19.3 Å². The topological polar surface area (TPSA) is 109 Å². The summed E-state index contributed by atoms with van der Waals surface area (Å²) in [5, 5.41) is 6.96. The average molecular weight is 575 g/mol. The molecule has 0 radical (unpaired) electrons. The molecule has 5 rings (SSSR count). The smallest absolute Gasteiger partial charge is 0.377 e. The molecule has 0 spiro atoms. The Labute approximate surface area is 233 Å². The van der Waals surface area contributed by atoms with Crippen LogP contribution in [-0.4, -0.2) is 31.8 Å². The van der Waals surface area contributed by atoms with Crippen molar-refractivity contribution in [1.82, 2.24) is 19.8 Å². The van der Waals surface area contributed by atoms with Crippen molar-refractivity contribution in [1.29, 1.82) is 0 Å². The van der Waals surface area contributed by atoms with Gasteiger partial charge in [0, 0.05) is 0 Å². The Kier molecular flexibility index (Phi) is 7.93. The number of ether oxygens (including phenoxy) is 2. The average Bonchev–Trinajstić information content (AvgIpc) is 3.36. The van der Waals surface area contributed by atoms with Gasteiger partial charge in [-0.1, -0.05) is 54.6 Å². The van der Waals surface area contributed by atoms with Crippen molar-refractivity contribution in [2.75, 3.05) is 4.67 Å². The summed E-state index contributed by atoms with van der Waals surface area (Å²) < 4.78 is 41.4. The summed E-state index contributed by atoms with van der Waals surface area (Å²) in [4.78, 5) is 39.0. The predicted octanol–water partition coefficient (Wildman–Crippen LogP) is 5.12. The molecule has 1 atom stereocenters. The van der Waals surface area contributed by atoms with Crippen molar-refractivity contribution >= 4 is 27.1 Å². The van der Waals surface area contributed by atoms with Crippen LogP contribution in [0.15, 0.2) is 102 Å². The van der Waals surface area contributed by atoms with E-state index in [-0.39, 0.29) is 23.6 Å². The first kappa shape index (κ1) is 27.4. The standard InChI is InChI=1S/C28H20F2N5O5P/c29-21-12-7-13-22(30)25(21)33-27(37)34(32-31-33)28(38)35(41)23-15-14-19(16-24(23)40-20-10-5-2-6-11-20)26(36)39-17-18-8-3-1-4-9-18/h1-16H,17,41H2. The lowest BCUT2D eigenvalue weighted by atomic mass is 10.2. The Bertz CT molecular complexity index is 1760. The Balaban J connectivity index is 1.46. The molecular weight excluding hydrogens is 555 g/mol. The summed E-state index contributed by atoms with van der Waals surface area (Å²) in [6.45, 7) is 0.0473. The molecule has 206 valence electrons. The number of carbonyl (C=O) groups excluding carboxylic acids is 2. The molecule has 0 N–H and O–H groups in total. The number of anilines is 1. The van der Waals surface area contributed by atoms with Crippen LogP contribution in [0.3, 0.4) is 0 Å². The predicted molar refractivity (Wildman–Crippen MR) is 147 cm³/mol. The molecule has 0 bridgehead atoms. The highest BCUT2D eigenvalue weighted by Crippen LogP contribution is 2.35. The van der Waals surface area contributed by atoms with E-state index in [1.54, 1.807) is 30.3 Å². The molecule has 0 saturated heterocycles. The first-order valence-electron chi connectivity index (χ1n) is 12.0. The molecule has 41 heavy (non-hydrogen) atoms. The Morgan fingerprint density at radius 2 is 1.51 bits per heavy atom. The fourth-order valence-electron chi connectivity index (χ4n) is 3.75. The number of nitrogens with zero attached hydrogens (tertiary/aromatic N) is 5. The molecule has 1 heterocycles. The second kappa shape index (κ2) is 11.9. The molecule has 0 aliphatic heterocycles. The van der Waals surface area contributed by atoms with Gasteiger partial charge in [0.1, 0.15) is 18.0 Å². The minimum absolute atomic E-state index is 0.0473. The third-order valence-corrected chi connectivity index (χ3v) is 6.26. The number of tetrazole rings is 1. The monoisotopic (exact) mass is 575 g/mol. The van der Waals surface area contributed by atoms with Gasteiger partial charge >= 0.3 is 17.7 Å². The Hall–Kier alpha value is -5.22. The number of carbonyl (C=O) groups is 2. The van der Waals surface area contributed by atoms with Crippen LogP contribution >= 0.6 is 9.39 Å². The minimum atomic E-state index is -1.21. The number of esters is 1. The molecule has 0 saturated carbocycles. The molecule has 13 heteroatoms. The van der Waals surface area contributed by atoms with Crippen LogP contribution in [0.2, 0.25) is 0 Å². The zero-order valence-corrected chi connectivity index (χ0v) is 22.2. The van der Waals surface area contributed by atoms with Gasteiger partial charge in [0.15, 0.2) is 17.4 Å². The van der Waals surface area contributed by atoms with Gasteiger partial charge in [-0.15, -0.1) is 4.68 Å². The molecule has 0 aliphatic carbocycles. The number of benzene rings is 4. The van der Waals surface area contributed by atoms with Crippen molar-refractivity contribution < 1.29 is 27.8 Å². The molecule has 1 amide bonds. The van der Waals surface area contributed by atoms with E-state index in [2.05, 4.69) is 19.8 Å². The number of halogens is 2. The van der Waals surface area contributed by atoms with Crippen molar-refractivity contribution in [3.05, 3.63) is 130 Å². The van der Waals surface area contributed by atoms with Gasteiger partial charge in [0.2, 0.25) is 0 Å². The molecular formula is C28H20F2N5O5P. The van der Waals surface area contributed by atoms with Gasteiger partial charge in [-0.25, -0.2) is 23.2 Å². The maximum atomic E-state index is 14.2. The van der Waals surface area contributed by atoms with E-state index in [1.807, 2.05) is 30.3 Å². The summed E-state index contributed by atoms with van der Waals surface area (Å²) in [7, 11) is 2.12. The van der Waals surface area contributed by atoms with Gasteiger partial charge in [-0.2, -0.15) is 4.68 Å². The lowest BCUT2D eigenvalue weighted by Crippen LogP contribution is -2.36. The number of aromatic nitrogens is 4. The number of amides is 1. The highest BCUT2D eigenvalue weighted by atomic mass is 31.0. The van der Waals surface area contributed by atoms with E-state index in [4.69, 9.17) is 9.47 Å². The summed E-state index contributed by atoms with van der Waals surface area (Å²) in [6.07, 6.45) is 0. The first-order chi connectivity index (χ1) is 19.8. The fourth-order valence-corrected chi connectivity index (χ4v) is 4.07. The highest BCUT2D eigenvalue weighted by molar-refractivity contribution is 7.21. The number of hydrogen-bond donors (Lipinski definition) is 0. The zero-order valence-electron chi connectivity index (χ0n) is 21.1. The molecule has 4 aromatic carbocycles. The third kappa shape index (κ3) is 5.87. The number of rotatable bonds is 7. The van der Waals surface area contributed by atoms with Gasteiger partial charge in [0.25, 0.3) is 0 Å². The molecule has 0 fully saturated rings. The fraction of sp³-hybridized carbons (Fsp3) is 0.0357. The Morgan fingerprint density at radius 1 is 0.854 bits per heavy atom. The van der Waals surface area contributed by atoms with E-state index in [0.717, 1.165) is 28.4 Å². The van der Waals surface area contributed by atoms with E-state index in [0.29, 0.717) is 15.1 Å². The van der Waals surface area contributed by atoms with Gasteiger partial charge in [-0.3, -0.25) is 4.67 Å². The van der Waals surface area contributed by atoms with Gasteiger partial charge in [0.05, 0.1) is 11.3 Å². The minimum Gasteiger partial charge on any atom is -0.457 e. The summed E-state index contributed by atoms with van der Waals surface area (Å²) >= 11 is 0. The third-order valence-electron chi connectivity index (χ3n) is 5.76. The number of hydrogen-bond acceptors (Lipinski definition) is 7. The lowest BCUT2D eigenvalue weighted by molar-refractivity contribution is 0.0472.